The third kappa shape index (κ3) is 10.7. The maximum Gasteiger partial charge on any atom is 0.120 e. The van der Waals surface area contributed by atoms with Gasteiger partial charge in [-0.25, -0.2) is 0 Å². The zero-order valence-corrected chi connectivity index (χ0v) is 5.49. The number of halogens is 1. The fourth-order valence-electron chi connectivity index (χ4n) is 0.192. The molecule has 1 nitrogen and oxygen atoms in total. The molecule has 0 bridgehead atoms. The lowest BCUT2D eigenvalue weighted by Crippen LogP contribution is -1.84. The fourth-order valence-corrected chi connectivity index (χ4v) is 0.192. The molecule has 0 aliphatic heterocycles. The molecule has 2 heteroatoms. The van der Waals surface area contributed by atoms with E-state index in [0.717, 1.165) is 6.29 Å². The Hall–Kier alpha value is -0.0400. The van der Waals surface area contributed by atoms with Crippen LogP contribution in [0.2, 0.25) is 0 Å². The number of rotatable bonds is 2. The highest BCUT2D eigenvalue weighted by molar-refractivity contribution is 5.85. The SMILES string of the molecule is CC(C)CC=O.Cl. The summed E-state index contributed by atoms with van der Waals surface area (Å²) in [7, 11) is 0. The molecular weight excluding hydrogens is 112 g/mol. The lowest BCUT2D eigenvalue weighted by atomic mass is 10.2. The molecule has 0 aliphatic rings. The summed E-state index contributed by atoms with van der Waals surface area (Å²) < 4.78 is 0. The van der Waals surface area contributed by atoms with Crippen LogP contribution >= 0.6 is 12.4 Å². The van der Waals surface area contributed by atoms with Crippen molar-refractivity contribution in [1.29, 1.82) is 0 Å². The Morgan fingerprint density at radius 1 is 1.57 bits per heavy atom. The second-order valence-electron chi connectivity index (χ2n) is 1.80. The summed E-state index contributed by atoms with van der Waals surface area (Å²) in [5, 5.41) is 0. The average molecular weight is 123 g/mol. The lowest BCUT2D eigenvalue weighted by molar-refractivity contribution is -0.108. The zero-order chi connectivity index (χ0) is 4.99. The first-order chi connectivity index (χ1) is 2.77. The third-order valence-electron chi connectivity index (χ3n) is 0.568. The summed E-state index contributed by atoms with van der Waals surface area (Å²) in [4.78, 5) is 9.62. The van der Waals surface area contributed by atoms with E-state index in [9.17, 15) is 4.79 Å². The first kappa shape index (κ1) is 10.0. The van der Waals surface area contributed by atoms with Gasteiger partial charge in [0.1, 0.15) is 6.29 Å². The molecule has 0 saturated carbocycles. The van der Waals surface area contributed by atoms with E-state index in [0.29, 0.717) is 12.3 Å². The summed E-state index contributed by atoms with van der Waals surface area (Å²) in [6, 6.07) is 0. The van der Waals surface area contributed by atoms with Crippen LogP contribution in [0.25, 0.3) is 0 Å². The van der Waals surface area contributed by atoms with Crippen LogP contribution < -0.4 is 0 Å². The smallest absolute Gasteiger partial charge is 0.120 e. The van der Waals surface area contributed by atoms with Gasteiger partial charge in [-0.05, 0) is 5.92 Å². The minimum absolute atomic E-state index is 0. The van der Waals surface area contributed by atoms with Gasteiger partial charge in [0.2, 0.25) is 0 Å². The maximum atomic E-state index is 9.62. The fraction of sp³-hybridized carbons (Fsp3) is 0.800. The van der Waals surface area contributed by atoms with Crippen LogP contribution in [-0.4, -0.2) is 6.29 Å². The van der Waals surface area contributed by atoms with Crippen molar-refractivity contribution in [3.05, 3.63) is 0 Å². The molecule has 0 amide bonds. The van der Waals surface area contributed by atoms with Gasteiger partial charge in [-0.15, -0.1) is 12.4 Å². The van der Waals surface area contributed by atoms with Gasteiger partial charge in [0.05, 0.1) is 0 Å². The van der Waals surface area contributed by atoms with Crippen molar-refractivity contribution in [2.24, 2.45) is 5.92 Å². The van der Waals surface area contributed by atoms with Crippen molar-refractivity contribution >= 4 is 18.7 Å². The third-order valence-corrected chi connectivity index (χ3v) is 0.568. The Balaban J connectivity index is 0. The van der Waals surface area contributed by atoms with Gasteiger partial charge in [0.25, 0.3) is 0 Å². The van der Waals surface area contributed by atoms with E-state index in [2.05, 4.69) is 0 Å². The molecule has 0 aromatic rings. The van der Waals surface area contributed by atoms with Crippen LogP contribution in [0.5, 0.6) is 0 Å². The summed E-state index contributed by atoms with van der Waals surface area (Å²) in [5.41, 5.74) is 0. The molecular formula is C5H11ClO. The van der Waals surface area contributed by atoms with E-state index in [-0.39, 0.29) is 12.4 Å². The molecule has 0 spiro atoms. The van der Waals surface area contributed by atoms with Crippen LogP contribution in [0.3, 0.4) is 0 Å². The topological polar surface area (TPSA) is 17.1 Å². The minimum Gasteiger partial charge on any atom is -0.303 e. The minimum atomic E-state index is 0. The van der Waals surface area contributed by atoms with Gasteiger partial charge in [-0.3, -0.25) is 0 Å². The van der Waals surface area contributed by atoms with Gasteiger partial charge in [-0.2, -0.15) is 0 Å². The molecule has 44 valence electrons. The van der Waals surface area contributed by atoms with Crippen molar-refractivity contribution in [2.75, 3.05) is 0 Å². The van der Waals surface area contributed by atoms with Crippen molar-refractivity contribution in [2.45, 2.75) is 20.3 Å². The Morgan fingerprint density at radius 3 is 2.00 bits per heavy atom. The second kappa shape index (κ2) is 5.96. The van der Waals surface area contributed by atoms with Crippen LogP contribution in [-0.2, 0) is 4.79 Å². The first-order valence-electron chi connectivity index (χ1n) is 2.21. The molecule has 0 rings (SSSR count). The Kier molecular flexibility index (Phi) is 8.56. The van der Waals surface area contributed by atoms with E-state index >= 15 is 0 Å². The van der Waals surface area contributed by atoms with Crippen molar-refractivity contribution in [1.82, 2.24) is 0 Å². The van der Waals surface area contributed by atoms with Crippen LogP contribution in [0.1, 0.15) is 20.3 Å². The van der Waals surface area contributed by atoms with Gasteiger partial charge in [0, 0.05) is 6.42 Å². The first-order valence-corrected chi connectivity index (χ1v) is 2.21. The highest BCUT2D eigenvalue weighted by atomic mass is 35.5. The predicted octanol–water partition coefficient (Wildman–Crippen LogP) is 1.65. The van der Waals surface area contributed by atoms with Gasteiger partial charge in [0.15, 0.2) is 0 Å². The summed E-state index contributed by atoms with van der Waals surface area (Å²) >= 11 is 0. The lowest BCUT2D eigenvalue weighted by Gasteiger charge is -1.89. The predicted molar refractivity (Wildman–Crippen MR) is 32.8 cm³/mol. The molecule has 7 heavy (non-hydrogen) atoms. The van der Waals surface area contributed by atoms with Gasteiger partial charge in [-0.1, -0.05) is 13.8 Å². The maximum absolute atomic E-state index is 9.62. The average Bonchev–Trinajstić information content (AvgIpc) is 1.35. The quantitative estimate of drug-likeness (QED) is 0.509. The largest absolute Gasteiger partial charge is 0.303 e. The molecule has 0 aromatic heterocycles. The molecule has 0 heterocycles. The van der Waals surface area contributed by atoms with E-state index in [4.69, 9.17) is 0 Å². The second-order valence-corrected chi connectivity index (χ2v) is 1.80. The monoisotopic (exact) mass is 122 g/mol. The number of hydrogen-bond acceptors (Lipinski definition) is 1. The summed E-state index contributed by atoms with van der Waals surface area (Å²) in [6.07, 6.45) is 1.64. The number of hydrogen-bond donors (Lipinski definition) is 0. The Morgan fingerprint density at radius 2 is 2.00 bits per heavy atom. The Bertz CT molecular complexity index is 43.3. The highest BCUT2D eigenvalue weighted by Gasteiger charge is 1.85. The molecule has 0 radical (unpaired) electrons. The van der Waals surface area contributed by atoms with Crippen LogP contribution in [0.15, 0.2) is 0 Å². The van der Waals surface area contributed by atoms with E-state index < -0.39 is 0 Å². The molecule has 0 aromatic carbocycles. The molecule has 0 aliphatic carbocycles. The van der Waals surface area contributed by atoms with Crippen molar-refractivity contribution < 1.29 is 4.79 Å². The Labute approximate surface area is 50.5 Å². The van der Waals surface area contributed by atoms with Gasteiger partial charge >= 0.3 is 0 Å². The van der Waals surface area contributed by atoms with Crippen LogP contribution in [0, 0.1) is 5.92 Å². The highest BCUT2D eigenvalue weighted by Crippen LogP contribution is 1.92. The molecule has 0 saturated heterocycles. The van der Waals surface area contributed by atoms with Crippen LogP contribution in [0.4, 0.5) is 0 Å². The van der Waals surface area contributed by atoms with E-state index in [1.54, 1.807) is 0 Å². The molecule has 0 N–H and O–H groups in total. The summed E-state index contributed by atoms with van der Waals surface area (Å²) in [6.45, 7) is 4.04. The summed E-state index contributed by atoms with van der Waals surface area (Å²) in [5.74, 6) is 0.530. The normalized spacial score (nSPS) is 7.86. The van der Waals surface area contributed by atoms with Gasteiger partial charge < -0.3 is 4.79 Å². The molecule has 0 unspecified atom stereocenters. The number of carbonyl (C=O) groups is 1. The zero-order valence-electron chi connectivity index (χ0n) is 4.68. The van der Waals surface area contributed by atoms with Crippen molar-refractivity contribution in [3.8, 4) is 0 Å². The molecule has 0 atom stereocenters. The number of aldehydes is 1. The van der Waals surface area contributed by atoms with Crippen molar-refractivity contribution in [3.63, 3.8) is 0 Å². The van der Waals surface area contributed by atoms with E-state index in [1.807, 2.05) is 13.8 Å². The van der Waals surface area contributed by atoms with E-state index in [1.165, 1.54) is 0 Å². The number of carbonyl (C=O) groups excluding carboxylic acids is 1. The molecule has 0 fully saturated rings. The standard InChI is InChI=1S/C5H10O.ClH/c1-5(2)3-4-6;/h4-5H,3H2,1-2H3;1H.